The van der Waals surface area contributed by atoms with E-state index in [1.165, 1.54) is 0 Å². The van der Waals surface area contributed by atoms with Crippen LogP contribution in [0.2, 0.25) is 0 Å². The van der Waals surface area contributed by atoms with Gasteiger partial charge in [0.2, 0.25) is 0 Å². The third kappa shape index (κ3) is 6.30. The minimum Gasteiger partial charge on any atom is -0.444 e. The fourth-order valence-electron chi connectivity index (χ4n) is 3.43. The van der Waals surface area contributed by atoms with Crippen LogP contribution in [0.3, 0.4) is 0 Å². The van der Waals surface area contributed by atoms with Crippen molar-refractivity contribution in [3.8, 4) is 0 Å². The lowest BCUT2D eigenvalue weighted by Crippen LogP contribution is -2.48. The molecule has 0 aromatic rings. The topological polar surface area (TPSA) is 84.5 Å². The SMILES string of the molecule is CC(C)(C)OC(=O)NCC1CCCCC1NC1CCS(=O)(=O)C1. The molecule has 1 aliphatic heterocycles. The van der Waals surface area contributed by atoms with Crippen LogP contribution in [0.5, 0.6) is 0 Å². The average molecular weight is 346 g/mol. The van der Waals surface area contributed by atoms with Gasteiger partial charge < -0.3 is 15.4 Å². The number of hydrogen-bond acceptors (Lipinski definition) is 5. The van der Waals surface area contributed by atoms with Crippen LogP contribution < -0.4 is 10.6 Å². The van der Waals surface area contributed by atoms with Crippen molar-refractivity contribution in [2.24, 2.45) is 5.92 Å². The number of carbonyl (C=O) groups excluding carboxylic acids is 1. The average Bonchev–Trinajstić information content (AvgIpc) is 2.75. The molecule has 0 bridgehead atoms. The summed E-state index contributed by atoms with van der Waals surface area (Å²) in [7, 11) is -2.86. The highest BCUT2D eigenvalue weighted by Crippen LogP contribution is 2.26. The van der Waals surface area contributed by atoms with Crippen molar-refractivity contribution in [2.75, 3.05) is 18.1 Å². The van der Waals surface area contributed by atoms with Gasteiger partial charge in [-0.25, -0.2) is 13.2 Å². The van der Waals surface area contributed by atoms with E-state index in [-0.39, 0.29) is 29.7 Å². The van der Waals surface area contributed by atoms with E-state index in [2.05, 4.69) is 10.6 Å². The van der Waals surface area contributed by atoms with Gasteiger partial charge in [0, 0.05) is 18.6 Å². The van der Waals surface area contributed by atoms with E-state index in [4.69, 9.17) is 4.74 Å². The second kappa shape index (κ2) is 7.38. The Labute approximate surface area is 139 Å². The summed E-state index contributed by atoms with van der Waals surface area (Å²) in [5, 5.41) is 6.38. The molecule has 2 N–H and O–H groups in total. The lowest BCUT2D eigenvalue weighted by Gasteiger charge is -2.34. The Morgan fingerprint density at radius 2 is 1.87 bits per heavy atom. The quantitative estimate of drug-likeness (QED) is 0.811. The van der Waals surface area contributed by atoms with Crippen molar-refractivity contribution < 1.29 is 17.9 Å². The summed E-state index contributed by atoms with van der Waals surface area (Å²) in [6.07, 6.45) is 4.71. The number of amides is 1. The van der Waals surface area contributed by atoms with E-state index in [1.54, 1.807) is 0 Å². The van der Waals surface area contributed by atoms with Crippen LogP contribution in [0.4, 0.5) is 4.79 Å². The van der Waals surface area contributed by atoms with Gasteiger partial charge in [-0.05, 0) is 46.0 Å². The van der Waals surface area contributed by atoms with Gasteiger partial charge in [0.1, 0.15) is 5.60 Å². The molecule has 0 aromatic carbocycles. The monoisotopic (exact) mass is 346 g/mol. The molecule has 0 radical (unpaired) electrons. The first-order chi connectivity index (χ1) is 10.6. The molecule has 1 saturated carbocycles. The van der Waals surface area contributed by atoms with Gasteiger partial charge in [-0.3, -0.25) is 0 Å². The number of carbonyl (C=O) groups is 1. The van der Waals surface area contributed by atoms with Crippen LogP contribution >= 0.6 is 0 Å². The molecule has 0 aromatic heterocycles. The van der Waals surface area contributed by atoms with E-state index in [1.807, 2.05) is 20.8 Å². The van der Waals surface area contributed by atoms with Gasteiger partial charge in [0.15, 0.2) is 9.84 Å². The maximum atomic E-state index is 11.8. The lowest BCUT2D eigenvalue weighted by molar-refractivity contribution is 0.0510. The van der Waals surface area contributed by atoms with Crippen LogP contribution in [0.1, 0.15) is 52.9 Å². The molecule has 2 aliphatic rings. The molecular formula is C16H30N2O4S. The first-order valence-corrected chi connectivity index (χ1v) is 10.4. The third-order valence-corrected chi connectivity index (χ3v) is 6.27. The van der Waals surface area contributed by atoms with Crippen molar-refractivity contribution in [3.05, 3.63) is 0 Å². The second-order valence-electron chi connectivity index (χ2n) is 7.80. The number of rotatable bonds is 4. The van der Waals surface area contributed by atoms with Gasteiger partial charge in [-0.2, -0.15) is 0 Å². The summed E-state index contributed by atoms with van der Waals surface area (Å²) in [6, 6.07) is 0.337. The molecular weight excluding hydrogens is 316 g/mol. The second-order valence-corrected chi connectivity index (χ2v) is 10.0. The molecule has 3 unspecified atom stereocenters. The standard InChI is InChI=1S/C16H30N2O4S/c1-16(2,3)22-15(19)17-10-12-6-4-5-7-14(12)18-13-8-9-23(20,21)11-13/h12-14,18H,4-11H2,1-3H3,(H,17,19). The Bertz CT molecular complexity index is 513. The van der Waals surface area contributed by atoms with E-state index < -0.39 is 15.4 Å². The van der Waals surface area contributed by atoms with Crippen molar-refractivity contribution >= 4 is 15.9 Å². The summed E-state index contributed by atoms with van der Waals surface area (Å²) in [4.78, 5) is 11.8. The van der Waals surface area contributed by atoms with Crippen LogP contribution in [0, 0.1) is 5.92 Å². The van der Waals surface area contributed by atoms with Crippen molar-refractivity contribution in [1.29, 1.82) is 0 Å². The number of hydrogen-bond donors (Lipinski definition) is 2. The number of sulfone groups is 1. The highest BCUT2D eigenvalue weighted by atomic mass is 32.2. The predicted octanol–water partition coefficient (Wildman–Crippen LogP) is 1.85. The zero-order valence-electron chi connectivity index (χ0n) is 14.4. The fourth-order valence-corrected chi connectivity index (χ4v) is 5.12. The predicted molar refractivity (Wildman–Crippen MR) is 90.2 cm³/mol. The van der Waals surface area contributed by atoms with E-state index in [0.717, 1.165) is 25.7 Å². The summed E-state index contributed by atoms with van der Waals surface area (Å²) in [5.41, 5.74) is -0.494. The molecule has 23 heavy (non-hydrogen) atoms. The van der Waals surface area contributed by atoms with Crippen molar-refractivity contribution in [1.82, 2.24) is 10.6 Å². The normalized spacial score (nSPS) is 30.8. The first kappa shape index (κ1) is 18.5. The zero-order valence-corrected chi connectivity index (χ0v) is 15.2. The Balaban J connectivity index is 1.83. The summed E-state index contributed by atoms with van der Waals surface area (Å²) < 4.78 is 28.5. The number of nitrogens with one attached hydrogen (secondary N) is 2. The molecule has 134 valence electrons. The smallest absolute Gasteiger partial charge is 0.407 e. The molecule has 2 rings (SSSR count). The molecule has 1 aliphatic carbocycles. The maximum Gasteiger partial charge on any atom is 0.407 e. The van der Waals surface area contributed by atoms with Gasteiger partial charge in [-0.1, -0.05) is 12.8 Å². The molecule has 1 saturated heterocycles. The molecule has 7 heteroatoms. The van der Waals surface area contributed by atoms with Crippen LogP contribution in [0.25, 0.3) is 0 Å². The van der Waals surface area contributed by atoms with Crippen LogP contribution in [0.15, 0.2) is 0 Å². The van der Waals surface area contributed by atoms with Gasteiger partial charge in [0.05, 0.1) is 11.5 Å². The fraction of sp³-hybridized carbons (Fsp3) is 0.938. The van der Waals surface area contributed by atoms with E-state index >= 15 is 0 Å². The van der Waals surface area contributed by atoms with Crippen molar-refractivity contribution in [2.45, 2.75) is 70.6 Å². The van der Waals surface area contributed by atoms with Gasteiger partial charge >= 0.3 is 6.09 Å². The van der Waals surface area contributed by atoms with Gasteiger partial charge in [0.25, 0.3) is 0 Å². The van der Waals surface area contributed by atoms with Crippen LogP contribution in [-0.2, 0) is 14.6 Å². The third-order valence-electron chi connectivity index (χ3n) is 4.50. The van der Waals surface area contributed by atoms with Crippen molar-refractivity contribution in [3.63, 3.8) is 0 Å². The highest BCUT2D eigenvalue weighted by molar-refractivity contribution is 7.91. The van der Waals surface area contributed by atoms with Gasteiger partial charge in [-0.15, -0.1) is 0 Å². The minimum atomic E-state index is -2.86. The largest absolute Gasteiger partial charge is 0.444 e. The molecule has 1 amide bonds. The molecule has 1 heterocycles. The molecule has 6 nitrogen and oxygen atoms in total. The number of alkyl carbamates (subject to hydrolysis) is 1. The zero-order chi connectivity index (χ0) is 17.1. The highest BCUT2D eigenvalue weighted by Gasteiger charge is 2.33. The number of ether oxygens (including phenoxy) is 1. The summed E-state index contributed by atoms with van der Waals surface area (Å²) >= 11 is 0. The Hall–Kier alpha value is -0.820. The van der Waals surface area contributed by atoms with E-state index in [0.29, 0.717) is 18.9 Å². The van der Waals surface area contributed by atoms with E-state index in [9.17, 15) is 13.2 Å². The Kier molecular flexibility index (Phi) is 5.94. The summed E-state index contributed by atoms with van der Waals surface area (Å²) in [5.74, 6) is 0.869. The maximum absolute atomic E-state index is 11.8. The minimum absolute atomic E-state index is 0.0622. The first-order valence-electron chi connectivity index (χ1n) is 8.58. The Morgan fingerprint density at radius 1 is 1.17 bits per heavy atom. The Morgan fingerprint density at radius 3 is 2.48 bits per heavy atom. The molecule has 3 atom stereocenters. The summed E-state index contributed by atoms with van der Waals surface area (Å²) in [6.45, 7) is 6.11. The van der Waals surface area contributed by atoms with Crippen LogP contribution in [-0.4, -0.2) is 50.2 Å². The molecule has 0 spiro atoms. The lowest BCUT2D eigenvalue weighted by atomic mass is 9.84. The molecule has 2 fully saturated rings.